The monoisotopic (exact) mass is 401 g/mol. The van der Waals surface area contributed by atoms with Crippen molar-refractivity contribution < 1.29 is 13.6 Å². The first-order chi connectivity index (χ1) is 14.7. The fourth-order valence-corrected chi connectivity index (χ4v) is 4.23. The molecule has 0 bridgehead atoms. The predicted molar refractivity (Wildman–Crippen MR) is 107 cm³/mol. The van der Waals surface area contributed by atoms with Crippen molar-refractivity contribution in [3.8, 4) is 0 Å². The van der Waals surface area contributed by atoms with Gasteiger partial charge in [0.1, 0.15) is 23.2 Å². The number of nitrogens with one attached hydrogen (secondary N) is 2. The third kappa shape index (κ3) is 2.40. The van der Waals surface area contributed by atoms with Gasteiger partial charge in [0.15, 0.2) is 5.69 Å². The van der Waals surface area contributed by atoms with Crippen molar-refractivity contribution >= 4 is 27.8 Å². The summed E-state index contributed by atoms with van der Waals surface area (Å²) in [5.41, 5.74) is 3.22. The first-order valence-electron chi connectivity index (χ1n) is 9.65. The van der Waals surface area contributed by atoms with Gasteiger partial charge >= 0.3 is 0 Å². The lowest BCUT2D eigenvalue weighted by Gasteiger charge is -2.33. The van der Waals surface area contributed by atoms with Gasteiger partial charge in [0.2, 0.25) is 0 Å². The van der Waals surface area contributed by atoms with E-state index in [0.29, 0.717) is 41.1 Å². The van der Waals surface area contributed by atoms with E-state index in [1.165, 1.54) is 6.07 Å². The number of imidazole rings is 1. The molecule has 148 valence electrons. The van der Waals surface area contributed by atoms with Crippen LogP contribution in [0.5, 0.6) is 0 Å². The lowest BCUT2D eigenvalue weighted by Crippen LogP contribution is -2.40. The molecule has 7 nitrogen and oxygen atoms in total. The Morgan fingerprint density at radius 1 is 1.17 bits per heavy atom. The zero-order chi connectivity index (χ0) is 20.2. The highest BCUT2D eigenvalue weighted by molar-refractivity contribution is 6.05. The Morgan fingerprint density at radius 2 is 2.07 bits per heavy atom. The van der Waals surface area contributed by atoms with Crippen LogP contribution in [0.2, 0.25) is 0 Å². The van der Waals surface area contributed by atoms with Crippen LogP contribution in [0, 0.1) is 5.82 Å². The van der Waals surface area contributed by atoms with Gasteiger partial charge < -0.3 is 14.3 Å². The minimum Gasteiger partial charge on any atom is -0.458 e. The molecule has 1 atom stereocenters. The molecule has 6 rings (SSSR count). The number of aromatic nitrogens is 4. The summed E-state index contributed by atoms with van der Waals surface area (Å²) in [7, 11) is 0. The molecule has 30 heavy (non-hydrogen) atoms. The van der Waals surface area contributed by atoms with Gasteiger partial charge in [-0.05, 0) is 24.3 Å². The van der Waals surface area contributed by atoms with E-state index in [1.807, 2.05) is 24.3 Å². The number of carbonyl (C=O) groups excluding carboxylic acids is 1. The Labute approximate surface area is 169 Å². The van der Waals surface area contributed by atoms with E-state index in [9.17, 15) is 9.18 Å². The number of rotatable bonds is 2. The van der Waals surface area contributed by atoms with Crippen LogP contribution < -0.4 is 0 Å². The molecule has 2 aromatic carbocycles. The molecule has 5 aromatic rings. The number of para-hydroxylation sites is 1. The summed E-state index contributed by atoms with van der Waals surface area (Å²) in [6.07, 6.45) is 2.24. The number of amides is 1. The van der Waals surface area contributed by atoms with Crippen molar-refractivity contribution in [2.75, 3.05) is 6.54 Å². The van der Waals surface area contributed by atoms with Gasteiger partial charge in [0, 0.05) is 24.0 Å². The number of carbonyl (C=O) groups is 1. The molecular weight excluding hydrogens is 385 g/mol. The molecule has 2 N–H and O–H groups in total. The summed E-state index contributed by atoms with van der Waals surface area (Å²) in [5.74, 6) is -0.125. The molecule has 1 aliphatic heterocycles. The highest BCUT2D eigenvalue weighted by Crippen LogP contribution is 2.37. The summed E-state index contributed by atoms with van der Waals surface area (Å²) in [5, 5.41) is 8.31. The zero-order valence-corrected chi connectivity index (χ0v) is 15.7. The van der Waals surface area contributed by atoms with Crippen LogP contribution >= 0.6 is 0 Å². The lowest BCUT2D eigenvalue weighted by atomic mass is 9.99. The maximum absolute atomic E-state index is 14.3. The molecule has 8 heteroatoms. The largest absolute Gasteiger partial charge is 0.458 e. The molecule has 0 fully saturated rings. The molecule has 0 radical (unpaired) electrons. The van der Waals surface area contributed by atoms with Crippen molar-refractivity contribution in [1.29, 1.82) is 0 Å². The highest BCUT2D eigenvalue weighted by Gasteiger charge is 2.38. The van der Waals surface area contributed by atoms with E-state index in [1.54, 1.807) is 29.4 Å². The fraction of sp³-hybridized carbons (Fsp3) is 0.136. The van der Waals surface area contributed by atoms with Gasteiger partial charge in [-0.25, -0.2) is 9.37 Å². The van der Waals surface area contributed by atoms with Crippen LogP contribution in [-0.4, -0.2) is 37.5 Å². The lowest BCUT2D eigenvalue weighted by molar-refractivity contribution is 0.0668. The molecular formula is C22H16FN5O2. The number of benzene rings is 2. The molecule has 3 aromatic heterocycles. The Bertz CT molecular complexity index is 1420. The Hall–Kier alpha value is -3.94. The predicted octanol–water partition coefficient (Wildman–Crippen LogP) is 3.96. The highest BCUT2D eigenvalue weighted by atomic mass is 19.1. The zero-order valence-electron chi connectivity index (χ0n) is 15.7. The normalized spacial score (nSPS) is 16.3. The molecule has 0 aliphatic carbocycles. The molecule has 0 spiro atoms. The summed E-state index contributed by atoms with van der Waals surface area (Å²) >= 11 is 0. The van der Waals surface area contributed by atoms with Crippen molar-refractivity contribution in [3.63, 3.8) is 0 Å². The van der Waals surface area contributed by atoms with Gasteiger partial charge in [0.05, 0.1) is 22.9 Å². The molecule has 0 saturated carbocycles. The van der Waals surface area contributed by atoms with E-state index < -0.39 is 6.04 Å². The number of hydrogen-bond donors (Lipinski definition) is 2. The fourth-order valence-electron chi connectivity index (χ4n) is 4.23. The van der Waals surface area contributed by atoms with Crippen LogP contribution in [-0.2, 0) is 6.42 Å². The second-order valence-corrected chi connectivity index (χ2v) is 7.34. The smallest absolute Gasteiger partial charge is 0.275 e. The number of H-pyrrole nitrogens is 2. The van der Waals surface area contributed by atoms with E-state index in [0.717, 1.165) is 16.6 Å². The standard InChI is InChI=1S/C22H16FN5O2/c23-14-5-3-7-17-13(14)10-18(30-17)21-20-16(24-11-25-20)8-9-28(21)22(29)19-12-4-1-2-6-15(12)26-27-19/h1-7,10-11,21H,8-9H2,(H,24,25)(H,26,27)/t21-/m1/s1. The van der Waals surface area contributed by atoms with Crippen molar-refractivity contribution in [1.82, 2.24) is 25.1 Å². The number of halogens is 1. The first kappa shape index (κ1) is 17.0. The maximum atomic E-state index is 14.3. The van der Waals surface area contributed by atoms with E-state index in [2.05, 4.69) is 20.2 Å². The van der Waals surface area contributed by atoms with Gasteiger partial charge in [-0.3, -0.25) is 9.89 Å². The van der Waals surface area contributed by atoms with Crippen molar-refractivity contribution in [2.45, 2.75) is 12.5 Å². The maximum Gasteiger partial charge on any atom is 0.275 e. The van der Waals surface area contributed by atoms with Crippen molar-refractivity contribution in [2.24, 2.45) is 0 Å². The number of nitrogens with zero attached hydrogens (tertiary/aromatic N) is 3. The Morgan fingerprint density at radius 3 is 2.97 bits per heavy atom. The Balaban J connectivity index is 1.50. The van der Waals surface area contributed by atoms with Crippen LogP contribution in [0.15, 0.2) is 59.3 Å². The molecule has 0 saturated heterocycles. The van der Waals surface area contributed by atoms with E-state index >= 15 is 0 Å². The van der Waals surface area contributed by atoms with Crippen LogP contribution in [0.4, 0.5) is 4.39 Å². The number of aromatic amines is 2. The second kappa shape index (κ2) is 6.28. The van der Waals surface area contributed by atoms with Gasteiger partial charge in [-0.2, -0.15) is 5.10 Å². The Kier molecular flexibility index (Phi) is 3.55. The van der Waals surface area contributed by atoms with Gasteiger partial charge in [-0.15, -0.1) is 0 Å². The number of furan rings is 1. The SMILES string of the molecule is O=C(c1n[nH]c2ccccc12)N1CCc2[nH]cnc2[C@H]1c1cc2c(F)cccc2o1. The van der Waals surface area contributed by atoms with Gasteiger partial charge in [-0.1, -0.05) is 24.3 Å². The molecule has 4 heterocycles. The summed E-state index contributed by atoms with van der Waals surface area (Å²) in [4.78, 5) is 22.8. The average Bonchev–Trinajstić information content (AvgIpc) is 3.50. The van der Waals surface area contributed by atoms with Crippen LogP contribution in [0.25, 0.3) is 21.9 Å². The minimum atomic E-state index is -0.574. The second-order valence-electron chi connectivity index (χ2n) is 7.34. The molecule has 1 amide bonds. The summed E-state index contributed by atoms with van der Waals surface area (Å²) in [6.45, 7) is 0.458. The summed E-state index contributed by atoms with van der Waals surface area (Å²) in [6, 6.07) is 13.3. The minimum absolute atomic E-state index is 0.230. The van der Waals surface area contributed by atoms with Crippen LogP contribution in [0.1, 0.15) is 33.7 Å². The quantitative estimate of drug-likeness (QED) is 0.468. The molecule has 1 aliphatic rings. The molecule has 0 unspecified atom stereocenters. The third-order valence-electron chi connectivity index (χ3n) is 5.66. The number of hydrogen-bond acceptors (Lipinski definition) is 4. The third-order valence-corrected chi connectivity index (χ3v) is 5.66. The van der Waals surface area contributed by atoms with Crippen LogP contribution in [0.3, 0.4) is 0 Å². The average molecular weight is 401 g/mol. The van der Waals surface area contributed by atoms with E-state index in [4.69, 9.17) is 4.42 Å². The van der Waals surface area contributed by atoms with Gasteiger partial charge in [0.25, 0.3) is 5.91 Å². The summed E-state index contributed by atoms with van der Waals surface area (Å²) < 4.78 is 20.3. The number of fused-ring (bicyclic) bond motifs is 3. The topological polar surface area (TPSA) is 90.8 Å². The van der Waals surface area contributed by atoms with E-state index in [-0.39, 0.29) is 11.7 Å². The first-order valence-corrected chi connectivity index (χ1v) is 9.65. The van der Waals surface area contributed by atoms with Crippen molar-refractivity contribution in [3.05, 3.63) is 83.5 Å².